The van der Waals surface area contributed by atoms with Gasteiger partial charge in [0.25, 0.3) is 5.91 Å². The summed E-state index contributed by atoms with van der Waals surface area (Å²) in [6.07, 6.45) is -0.205. The van der Waals surface area contributed by atoms with E-state index in [1.807, 2.05) is 0 Å². The van der Waals surface area contributed by atoms with E-state index in [2.05, 4.69) is 16.0 Å². The number of amides is 3. The Kier molecular flexibility index (Phi) is 7.70. The molecule has 9 heteroatoms. The first-order valence-corrected chi connectivity index (χ1v) is 8.11. The highest BCUT2D eigenvalue weighted by molar-refractivity contribution is 5.95. The van der Waals surface area contributed by atoms with Crippen molar-refractivity contribution in [2.24, 2.45) is 0 Å². The molecule has 0 fully saturated rings. The summed E-state index contributed by atoms with van der Waals surface area (Å²) < 4.78 is 5.00. The van der Waals surface area contributed by atoms with Crippen LogP contribution in [0.5, 0.6) is 11.5 Å². The van der Waals surface area contributed by atoms with Crippen LogP contribution in [0.1, 0.15) is 37.6 Å². The molecule has 1 rings (SSSR count). The molecular weight excluding hydrogens is 342 g/mol. The molecule has 26 heavy (non-hydrogen) atoms. The number of phenols is 2. The third-order valence-corrected chi connectivity index (χ3v) is 2.92. The van der Waals surface area contributed by atoms with Gasteiger partial charge in [0.2, 0.25) is 5.91 Å². The predicted octanol–water partition coefficient (Wildman–Crippen LogP) is 0.859. The molecule has 0 atom stereocenters. The molecule has 3 amide bonds. The summed E-state index contributed by atoms with van der Waals surface area (Å²) in [4.78, 5) is 34.8. The summed E-state index contributed by atoms with van der Waals surface area (Å²) in [6.45, 7) is 5.55. The maximum Gasteiger partial charge on any atom is 0.408 e. The number of ether oxygens (including phenoxy) is 1. The number of benzene rings is 1. The van der Waals surface area contributed by atoms with Gasteiger partial charge in [0, 0.05) is 24.7 Å². The smallest absolute Gasteiger partial charge is 0.408 e. The molecule has 9 nitrogen and oxygen atoms in total. The zero-order chi connectivity index (χ0) is 19.7. The Hall–Kier alpha value is -2.97. The lowest BCUT2D eigenvalue weighted by Gasteiger charge is -2.19. The van der Waals surface area contributed by atoms with E-state index in [0.29, 0.717) is 13.0 Å². The Labute approximate surface area is 151 Å². The van der Waals surface area contributed by atoms with E-state index in [1.54, 1.807) is 20.8 Å². The van der Waals surface area contributed by atoms with E-state index in [-0.39, 0.29) is 36.1 Å². The summed E-state index contributed by atoms with van der Waals surface area (Å²) in [5.41, 5.74) is -0.501. The Balaban J connectivity index is 2.19. The molecule has 0 heterocycles. The van der Waals surface area contributed by atoms with Gasteiger partial charge in [0.05, 0.1) is 6.54 Å². The van der Waals surface area contributed by atoms with E-state index in [4.69, 9.17) is 4.74 Å². The molecule has 0 saturated carbocycles. The lowest BCUT2D eigenvalue weighted by Crippen LogP contribution is -2.40. The minimum atomic E-state index is -0.672. The van der Waals surface area contributed by atoms with Gasteiger partial charge in [-0.2, -0.15) is 0 Å². The first kappa shape index (κ1) is 21.1. The highest BCUT2D eigenvalue weighted by Gasteiger charge is 2.16. The van der Waals surface area contributed by atoms with Crippen LogP contribution in [0.15, 0.2) is 18.2 Å². The monoisotopic (exact) mass is 367 g/mol. The Morgan fingerprint density at radius 2 is 1.54 bits per heavy atom. The summed E-state index contributed by atoms with van der Waals surface area (Å²) >= 11 is 0. The van der Waals surface area contributed by atoms with Crippen molar-refractivity contribution < 1.29 is 29.3 Å². The normalized spacial score (nSPS) is 10.7. The summed E-state index contributed by atoms with van der Waals surface area (Å²) in [5, 5.41) is 26.2. The molecule has 0 unspecified atom stereocenters. The van der Waals surface area contributed by atoms with Crippen molar-refractivity contribution in [2.75, 3.05) is 19.6 Å². The van der Waals surface area contributed by atoms with Gasteiger partial charge in [-0.3, -0.25) is 9.59 Å². The molecule has 5 N–H and O–H groups in total. The number of nitrogens with one attached hydrogen (secondary N) is 3. The molecule has 0 aliphatic heterocycles. The van der Waals surface area contributed by atoms with Gasteiger partial charge in [0.15, 0.2) is 0 Å². The first-order valence-electron chi connectivity index (χ1n) is 8.11. The molecule has 0 bridgehead atoms. The molecule has 0 aliphatic rings. The minimum Gasteiger partial charge on any atom is -0.508 e. The fraction of sp³-hybridized carbons (Fsp3) is 0.471. The van der Waals surface area contributed by atoms with Gasteiger partial charge in [-0.05, 0) is 39.3 Å². The minimum absolute atomic E-state index is 0.132. The van der Waals surface area contributed by atoms with Crippen LogP contribution in [0.25, 0.3) is 0 Å². The number of aromatic hydroxyl groups is 2. The highest BCUT2D eigenvalue weighted by atomic mass is 16.6. The van der Waals surface area contributed by atoms with Crippen molar-refractivity contribution in [3.8, 4) is 11.5 Å². The third kappa shape index (κ3) is 8.76. The van der Waals surface area contributed by atoms with Crippen molar-refractivity contribution in [3.05, 3.63) is 23.8 Å². The maximum atomic E-state index is 11.9. The van der Waals surface area contributed by atoms with Gasteiger partial charge in [0.1, 0.15) is 17.1 Å². The number of alkyl carbamates (subject to hydrolysis) is 1. The van der Waals surface area contributed by atoms with Crippen LogP contribution in [0.3, 0.4) is 0 Å². The van der Waals surface area contributed by atoms with Crippen molar-refractivity contribution in [1.29, 1.82) is 0 Å². The third-order valence-electron chi connectivity index (χ3n) is 2.92. The number of hydrogen-bond donors (Lipinski definition) is 5. The standard InChI is InChI=1S/C17H25N3O6/c1-17(2,3)26-16(25)20-10-14(23)18-5-4-6-19-15(24)11-7-12(21)9-13(22)8-11/h7-9,21-22H,4-6,10H2,1-3H3,(H,18,23)(H,19,24)(H,20,25). The fourth-order valence-electron chi connectivity index (χ4n) is 1.88. The first-order chi connectivity index (χ1) is 12.1. The topological polar surface area (TPSA) is 137 Å². The molecule has 0 spiro atoms. The number of carbonyl (C=O) groups excluding carboxylic acids is 3. The van der Waals surface area contributed by atoms with Crippen molar-refractivity contribution in [3.63, 3.8) is 0 Å². The molecule has 144 valence electrons. The van der Waals surface area contributed by atoms with E-state index in [0.717, 1.165) is 6.07 Å². The van der Waals surface area contributed by atoms with Crippen LogP contribution in [0, 0.1) is 0 Å². The largest absolute Gasteiger partial charge is 0.508 e. The Morgan fingerprint density at radius 3 is 2.12 bits per heavy atom. The van der Waals surface area contributed by atoms with Crippen LogP contribution in [-0.2, 0) is 9.53 Å². The average molecular weight is 367 g/mol. The number of carbonyl (C=O) groups is 3. The van der Waals surface area contributed by atoms with Crippen molar-refractivity contribution in [2.45, 2.75) is 32.8 Å². The van der Waals surface area contributed by atoms with Crippen LogP contribution in [-0.4, -0.2) is 53.4 Å². The zero-order valence-corrected chi connectivity index (χ0v) is 15.1. The molecule has 0 radical (unpaired) electrons. The fourth-order valence-corrected chi connectivity index (χ4v) is 1.88. The lowest BCUT2D eigenvalue weighted by molar-refractivity contribution is -0.120. The second-order valence-electron chi connectivity index (χ2n) is 6.55. The highest BCUT2D eigenvalue weighted by Crippen LogP contribution is 2.20. The van der Waals surface area contributed by atoms with Crippen LogP contribution in [0.4, 0.5) is 4.79 Å². The summed E-state index contributed by atoms with van der Waals surface area (Å²) in [5.74, 6) is -1.24. The molecule has 1 aromatic rings. The zero-order valence-electron chi connectivity index (χ0n) is 15.1. The summed E-state index contributed by atoms with van der Waals surface area (Å²) in [7, 11) is 0. The molecule has 1 aromatic carbocycles. The maximum absolute atomic E-state index is 11.9. The SMILES string of the molecule is CC(C)(C)OC(=O)NCC(=O)NCCCNC(=O)c1cc(O)cc(O)c1. The molecule has 0 saturated heterocycles. The predicted molar refractivity (Wildman–Crippen MR) is 94.0 cm³/mol. The number of hydrogen-bond acceptors (Lipinski definition) is 6. The van der Waals surface area contributed by atoms with Gasteiger partial charge in [-0.25, -0.2) is 4.79 Å². The quantitative estimate of drug-likeness (QED) is 0.453. The van der Waals surface area contributed by atoms with Gasteiger partial charge in [-0.1, -0.05) is 0 Å². The van der Waals surface area contributed by atoms with Crippen molar-refractivity contribution in [1.82, 2.24) is 16.0 Å². The van der Waals surface area contributed by atoms with Crippen LogP contribution < -0.4 is 16.0 Å². The van der Waals surface area contributed by atoms with E-state index in [9.17, 15) is 24.6 Å². The van der Waals surface area contributed by atoms with E-state index < -0.39 is 17.6 Å². The Bertz CT molecular complexity index is 634. The van der Waals surface area contributed by atoms with Gasteiger partial charge >= 0.3 is 6.09 Å². The summed E-state index contributed by atoms with van der Waals surface area (Å²) in [6, 6.07) is 3.59. The van der Waals surface area contributed by atoms with Crippen molar-refractivity contribution >= 4 is 17.9 Å². The van der Waals surface area contributed by atoms with Gasteiger partial charge in [-0.15, -0.1) is 0 Å². The second-order valence-corrected chi connectivity index (χ2v) is 6.55. The van der Waals surface area contributed by atoms with E-state index >= 15 is 0 Å². The van der Waals surface area contributed by atoms with E-state index in [1.165, 1.54) is 12.1 Å². The lowest BCUT2D eigenvalue weighted by atomic mass is 10.2. The molecule has 0 aliphatic carbocycles. The number of rotatable bonds is 7. The average Bonchev–Trinajstić information content (AvgIpc) is 2.49. The molecular formula is C17H25N3O6. The van der Waals surface area contributed by atoms with Crippen LogP contribution >= 0.6 is 0 Å². The molecule has 0 aromatic heterocycles. The van der Waals surface area contributed by atoms with Crippen LogP contribution in [0.2, 0.25) is 0 Å². The Morgan fingerprint density at radius 1 is 0.962 bits per heavy atom. The van der Waals surface area contributed by atoms with Gasteiger partial charge < -0.3 is 30.9 Å². The number of phenolic OH excluding ortho intramolecular Hbond substituents is 2. The second kappa shape index (κ2) is 9.50.